The van der Waals surface area contributed by atoms with E-state index in [1.807, 2.05) is 24.3 Å². The van der Waals surface area contributed by atoms with Crippen molar-refractivity contribution in [3.05, 3.63) is 36.1 Å². The van der Waals surface area contributed by atoms with Gasteiger partial charge in [0, 0.05) is 5.39 Å². The number of carbonyl (C=O) groups is 1. The molecule has 0 radical (unpaired) electrons. The summed E-state index contributed by atoms with van der Waals surface area (Å²) in [5.41, 5.74) is 0.712. The van der Waals surface area contributed by atoms with Gasteiger partial charge in [0.25, 0.3) is 0 Å². The molecule has 0 saturated carbocycles. The molecule has 19 heavy (non-hydrogen) atoms. The summed E-state index contributed by atoms with van der Waals surface area (Å²) in [4.78, 5) is 13.3. The SMILES string of the molecule is CC[NH+](CC)CCOC(=O)c1cc2ccccc2o1. The van der Waals surface area contributed by atoms with Gasteiger partial charge in [0.15, 0.2) is 0 Å². The van der Waals surface area contributed by atoms with Crippen molar-refractivity contribution in [1.29, 1.82) is 0 Å². The second-order valence-electron chi connectivity index (χ2n) is 4.49. The molecule has 1 aromatic carbocycles. The number of likely N-dealkylation sites (N-methyl/N-ethyl adjacent to an activating group) is 1. The maximum Gasteiger partial charge on any atom is 0.374 e. The fourth-order valence-corrected chi connectivity index (χ4v) is 2.05. The Morgan fingerprint density at radius 1 is 1.26 bits per heavy atom. The number of rotatable bonds is 6. The van der Waals surface area contributed by atoms with Crippen molar-refractivity contribution >= 4 is 16.9 Å². The number of para-hydroxylation sites is 1. The Kier molecular flexibility index (Phi) is 4.58. The molecule has 1 aromatic heterocycles. The Bertz CT molecular complexity index is 510. The van der Waals surface area contributed by atoms with Crippen LogP contribution in [0, 0.1) is 0 Å². The minimum absolute atomic E-state index is 0.274. The summed E-state index contributed by atoms with van der Waals surface area (Å²) in [5, 5.41) is 0.920. The average molecular weight is 262 g/mol. The van der Waals surface area contributed by atoms with Crippen molar-refractivity contribution in [1.82, 2.24) is 0 Å². The van der Waals surface area contributed by atoms with E-state index in [-0.39, 0.29) is 11.7 Å². The van der Waals surface area contributed by atoms with E-state index in [0.717, 1.165) is 25.0 Å². The van der Waals surface area contributed by atoms with Crippen molar-refractivity contribution < 1.29 is 18.8 Å². The molecule has 102 valence electrons. The number of nitrogens with one attached hydrogen (secondary N) is 1. The molecule has 0 aliphatic carbocycles. The maximum atomic E-state index is 11.8. The van der Waals surface area contributed by atoms with Gasteiger partial charge < -0.3 is 14.1 Å². The highest BCUT2D eigenvalue weighted by molar-refractivity contribution is 5.92. The Labute approximate surface area is 112 Å². The molecule has 0 aliphatic rings. The first kappa shape index (κ1) is 13.6. The van der Waals surface area contributed by atoms with Gasteiger partial charge in [0.2, 0.25) is 5.76 Å². The third-order valence-electron chi connectivity index (χ3n) is 3.32. The zero-order chi connectivity index (χ0) is 13.7. The zero-order valence-corrected chi connectivity index (χ0v) is 11.4. The highest BCUT2D eigenvalue weighted by atomic mass is 16.5. The Hall–Kier alpha value is -1.81. The van der Waals surface area contributed by atoms with Crippen LogP contribution < -0.4 is 4.90 Å². The lowest BCUT2D eigenvalue weighted by Gasteiger charge is -2.14. The lowest BCUT2D eigenvalue weighted by molar-refractivity contribution is -0.896. The van der Waals surface area contributed by atoms with Crippen LogP contribution in [0.25, 0.3) is 11.0 Å². The summed E-state index contributed by atoms with van der Waals surface area (Å²) >= 11 is 0. The van der Waals surface area contributed by atoms with Crippen LogP contribution in [0.2, 0.25) is 0 Å². The van der Waals surface area contributed by atoms with Crippen LogP contribution in [-0.4, -0.2) is 32.2 Å². The number of ether oxygens (including phenoxy) is 1. The predicted molar refractivity (Wildman–Crippen MR) is 73.4 cm³/mol. The van der Waals surface area contributed by atoms with Gasteiger partial charge in [-0.05, 0) is 26.0 Å². The average Bonchev–Trinajstić information content (AvgIpc) is 2.87. The highest BCUT2D eigenvalue weighted by Gasteiger charge is 2.14. The molecule has 2 aromatic rings. The van der Waals surface area contributed by atoms with Gasteiger partial charge in [-0.25, -0.2) is 4.79 Å². The largest absolute Gasteiger partial charge is 0.454 e. The number of benzene rings is 1. The van der Waals surface area contributed by atoms with E-state index in [1.54, 1.807) is 6.07 Å². The van der Waals surface area contributed by atoms with Crippen LogP contribution >= 0.6 is 0 Å². The summed E-state index contributed by atoms with van der Waals surface area (Å²) < 4.78 is 10.7. The first-order chi connectivity index (χ1) is 9.24. The van der Waals surface area contributed by atoms with Crippen molar-refractivity contribution in [2.75, 3.05) is 26.2 Å². The third-order valence-corrected chi connectivity index (χ3v) is 3.32. The zero-order valence-electron chi connectivity index (χ0n) is 11.4. The van der Waals surface area contributed by atoms with Crippen LogP contribution in [0.15, 0.2) is 34.7 Å². The molecule has 0 aliphatic heterocycles. The number of hydrogen-bond acceptors (Lipinski definition) is 3. The van der Waals surface area contributed by atoms with Crippen LogP contribution in [0.5, 0.6) is 0 Å². The molecule has 0 amide bonds. The van der Waals surface area contributed by atoms with E-state index >= 15 is 0 Å². The van der Waals surface area contributed by atoms with Crippen LogP contribution in [0.3, 0.4) is 0 Å². The van der Waals surface area contributed by atoms with Gasteiger partial charge in [-0.1, -0.05) is 18.2 Å². The molecular weight excluding hydrogens is 242 g/mol. The fourth-order valence-electron chi connectivity index (χ4n) is 2.05. The van der Waals surface area contributed by atoms with E-state index in [1.165, 1.54) is 4.90 Å². The van der Waals surface area contributed by atoms with Crippen LogP contribution in [0.4, 0.5) is 0 Å². The van der Waals surface area contributed by atoms with Crippen LogP contribution in [0.1, 0.15) is 24.4 Å². The molecular formula is C15H20NO3+. The lowest BCUT2D eigenvalue weighted by atomic mass is 10.2. The predicted octanol–water partition coefficient (Wildman–Crippen LogP) is 1.51. The Morgan fingerprint density at radius 3 is 2.68 bits per heavy atom. The van der Waals surface area contributed by atoms with E-state index in [0.29, 0.717) is 12.2 Å². The van der Waals surface area contributed by atoms with Gasteiger partial charge in [0.1, 0.15) is 18.7 Å². The number of esters is 1. The molecule has 0 saturated heterocycles. The summed E-state index contributed by atoms with van der Waals surface area (Å²) in [6, 6.07) is 9.27. The molecule has 4 heteroatoms. The van der Waals surface area contributed by atoms with Gasteiger partial charge in [-0.15, -0.1) is 0 Å². The normalized spacial score (nSPS) is 11.1. The number of carbonyl (C=O) groups excluding carboxylic acids is 1. The van der Waals surface area contributed by atoms with E-state index in [4.69, 9.17) is 9.15 Å². The van der Waals surface area contributed by atoms with Gasteiger partial charge in [-0.2, -0.15) is 0 Å². The molecule has 4 nitrogen and oxygen atoms in total. The van der Waals surface area contributed by atoms with E-state index in [2.05, 4.69) is 13.8 Å². The second kappa shape index (κ2) is 6.38. The summed E-state index contributed by atoms with van der Waals surface area (Å²) in [6.45, 7) is 7.59. The topological polar surface area (TPSA) is 43.9 Å². The molecule has 2 rings (SSSR count). The molecule has 1 heterocycles. The second-order valence-corrected chi connectivity index (χ2v) is 4.49. The molecule has 0 atom stereocenters. The maximum absolute atomic E-state index is 11.8. The smallest absolute Gasteiger partial charge is 0.374 e. The third kappa shape index (κ3) is 3.35. The number of fused-ring (bicyclic) bond motifs is 1. The molecule has 0 bridgehead atoms. The van der Waals surface area contributed by atoms with Gasteiger partial charge >= 0.3 is 5.97 Å². The van der Waals surface area contributed by atoms with Crippen molar-refractivity contribution in [2.45, 2.75) is 13.8 Å². The van der Waals surface area contributed by atoms with E-state index < -0.39 is 0 Å². The lowest BCUT2D eigenvalue weighted by Crippen LogP contribution is -3.11. The fraction of sp³-hybridized carbons (Fsp3) is 0.400. The summed E-state index contributed by atoms with van der Waals surface area (Å²) in [6.07, 6.45) is 0. The highest BCUT2D eigenvalue weighted by Crippen LogP contribution is 2.19. The first-order valence-corrected chi connectivity index (χ1v) is 6.73. The van der Waals surface area contributed by atoms with Crippen molar-refractivity contribution in [3.63, 3.8) is 0 Å². The van der Waals surface area contributed by atoms with E-state index in [9.17, 15) is 4.79 Å². The van der Waals surface area contributed by atoms with Crippen molar-refractivity contribution in [3.8, 4) is 0 Å². The van der Waals surface area contributed by atoms with Crippen molar-refractivity contribution in [2.24, 2.45) is 0 Å². The molecule has 1 N–H and O–H groups in total. The van der Waals surface area contributed by atoms with Gasteiger partial charge in [-0.3, -0.25) is 0 Å². The quantitative estimate of drug-likeness (QED) is 0.803. The Balaban J connectivity index is 1.92. The number of furan rings is 1. The monoisotopic (exact) mass is 262 g/mol. The van der Waals surface area contributed by atoms with Gasteiger partial charge in [0.05, 0.1) is 13.1 Å². The molecule has 0 fully saturated rings. The molecule has 0 spiro atoms. The first-order valence-electron chi connectivity index (χ1n) is 6.73. The minimum atomic E-state index is -0.386. The number of hydrogen-bond donors (Lipinski definition) is 1. The van der Waals surface area contributed by atoms with Crippen LogP contribution in [-0.2, 0) is 4.74 Å². The standard InChI is InChI=1S/C15H19NO3/c1-3-16(4-2)9-10-18-15(17)14-11-12-7-5-6-8-13(12)19-14/h5-8,11H,3-4,9-10H2,1-2H3/p+1. The minimum Gasteiger partial charge on any atom is -0.454 e. The summed E-state index contributed by atoms with van der Waals surface area (Å²) in [5.74, 6) is -0.112. The summed E-state index contributed by atoms with van der Waals surface area (Å²) in [7, 11) is 0. The number of quaternary nitrogens is 1. The molecule has 0 unspecified atom stereocenters. The Morgan fingerprint density at radius 2 is 2.00 bits per heavy atom.